The first kappa shape index (κ1) is 21.6. The number of carbonyl (C=O) groups is 1. The molecule has 3 N–H and O–H groups in total. The highest BCUT2D eigenvalue weighted by Crippen LogP contribution is 2.32. The van der Waals surface area contributed by atoms with Gasteiger partial charge in [0.25, 0.3) is 0 Å². The van der Waals surface area contributed by atoms with E-state index in [0.29, 0.717) is 0 Å². The summed E-state index contributed by atoms with van der Waals surface area (Å²) < 4.78 is 0. The number of urea groups is 1. The van der Waals surface area contributed by atoms with Crippen molar-refractivity contribution in [2.75, 3.05) is 22.5 Å². The van der Waals surface area contributed by atoms with Crippen molar-refractivity contribution in [2.45, 2.75) is 6.42 Å². The van der Waals surface area contributed by atoms with Crippen molar-refractivity contribution in [3.05, 3.63) is 103 Å². The highest BCUT2D eigenvalue weighted by molar-refractivity contribution is 7.21. The number of thiazole rings is 1. The number of carbonyl (C=O) groups excluding carboxylic acids is 1. The lowest BCUT2D eigenvalue weighted by Gasteiger charge is -2.09. The molecule has 2 aromatic heterocycles. The van der Waals surface area contributed by atoms with Gasteiger partial charge in [-0.05, 0) is 42.3 Å². The number of nitrogens with one attached hydrogen (secondary N) is 3. The Kier molecular flexibility index (Phi) is 6.45. The fourth-order valence-electron chi connectivity index (χ4n) is 3.59. The molecule has 0 aliphatic carbocycles. The summed E-state index contributed by atoms with van der Waals surface area (Å²) in [4.78, 5) is 22.4. The number of hydrogen-bond acceptors (Lipinski definition) is 5. The predicted molar refractivity (Wildman–Crippen MR) is 141 cm³/mol. The van der Waals surface area contributed by atoms with E-state index in [-0.39, 0.29) is 6.03 Å². The Hall–Kier alpha value is -4.23. The zero-order valence-electron chi connectivity index (χ0n) is 18.4. The maximum absolute atomic E-state index is 12.2. The molecule has 6 nitrogen and oxygen atoms in total. The predicted octanol–water partition coefficient (Wildman–Crippen LogP) is 6.66. The highest BCUT2D eigenvalue weighted by Gasteiger charge is 2.10. The summed E-state index contributed by atoms with van der Waals surface area (Å²) in [5.41, 5.74) is 5.66. The van der Waals surface area contributed by atoms with Crippen LogP contribution in [0.3, 0.4) is 0 Å². The van der Waals surface area contributed by atoms with Crippen LogP contribution in [-0.2, 0) is 6.42 Å². The summed E-state index contributed by atoms with van der Waals surface area (Å²) >= 11 is 1.60. The van der Waals surface area contributed by atoms with Gasteiger partial charge in [-0.25, -0.2) is 14.8 Å². The lowest BCUT2D eigenvalue weighted by molar-refractivity contribution is 0.262. The van der Waals surface area contributed by atoms with E-state index in [0.717, 1.165) is 50.9 Å². The van der Waals surface area contributed by atoms with Crippen LogP contribution in [0.1, 0.15) is 5.56 Å². The van der Waals surface area contributed by atoms with E-state index in [1.807, 2.05) is 85.1 Å². The molecule has 0 atom stereocenters. The van der Waals surface area contributed by atoms with Crippen LogP contribution in [0.2, 0.25) is 0 Å². The summed E-state index contributed by atoms with van der Waals surface area (Å²) in [5, 5.41) is 10.1. The molecule has 5 rings (SSSR count). The van der Waals surface area contributed by atoms with Gasteiger partial charge in [-0.3, -0.25) is 0 Å². The van der Waals surface area contributed by atoms with Gasteiger partial charge in [0.15, 0.2) is 0 Å². The van der Waals surface area contributed by atoms with Crippen LogP contribution < -0.4 is 16.0 Å². The van der Waals surface area contributed by atoms with Gasteiger partial charge in [0, 0.05) is 29.7 Å². The van der Waals surface area contributed by atoms with Crippen LogP contribution in [0.15, 0.2) is 97.2 Å². The van der Waals surface area contributed by atoms with Crippen LogP contribution in [0, 0.1) is 0 Å². The molecule has 0 fully saturated rings. The molecule has 0 spiro atoms. The first-order valence-corrected chi connectivity index (χ1v) is 11.8. The number of fused-ring (bicyclic) bond motifs is 1. The third-order valence-electron chi connectivity index (χ3n) is 5.29. The lowest BCUT2D eigenvalue weighted by atomic mass is 10.1. The molecule has 0 bridgehead atoms. The molecule has 168 valence electrons. The Morgan fingerprint density at radius 2 is 1.47 bits per heavy atom. The minimum absolute atomic E-state index is 0.263. The van der Waals surface area contributed by atoms with Gasteiger partial charge in [0.2, 0.25) is 0 Å². The van der Waals surface area contributed by atoms with Gasteiger partial charge in [0.05, 0.1) is 5.69 Å². The monoisotopic (exact) mass is 465 g/mol. The fourth-order valence-corrected chi connectivity index (χ4v) is 4.53. The zero-order chi connectivity index (χ0) is 23.2. The molecule has 0 saturated heterocycles. The molecule has 0 radical (unpaired) electrons. The zero-order valence-corrected chi connectivity index (χ0v) is 19.2. The number of amides is 2. The molecule has 2 amide bonds. The number of hydrogen-bond donors (Lipinski definition) is 3. The number of benzene rings is 3. The van der Waals surface area contributed by atoms with E-state index in [1.54, 1.807) is 11.3 Å². The minimum Gasteiger partial charge on any atom is -0.383 e. The summed E-state index contributed by atoms with van der Waals surface area (Å²) in [6.07, 6.45) is 2.66. The Morgan fingerprint density at radius 3 is 2.21 bits per heavy atom. The van der Waals surface area contributed by atoms with Crippen molar-refractivity contribution in [3.8, 4) is 10.6 Å². The Bertz CT molecular complexity index is 1390. The highest BCUT2D eigenvalue weighted by atomic mass is 32.1. The molecular formula is C27H23N5OS. The molecule has 3 aromatic carbocycles. The van der Waals surface area contributed by atoms with Gasteiger partial charge in [-0.15, -0.1) is 0 Å². The van der Waals surface area contributed by atoms with Crippen LogP contribution >= 0.6 is 11.3 Å². The number of aromatic nitrogens is 2. The molecule has 0 aliphatic rings. The molecule has 0 aliphatic heterocycles. The smallest absolute Gasteiger partial charge is 0.323 e. The van der Waals surface area contributed by atoms with E-state index in [4.69, 9.17) is 4.98 Å². The number of nitrogens with zero attached hydrogens (tertiary/aromatic N) is 2. The minimum atomic E-state index is -0.263. The van der Waals surface area contributed by atoms with E-state index >= 15 is 0 Å². The normalized spacial score (nSPS) is 10.7. The Labute approximate surface area is 201 Å². The first-order chi connectivity index (χ1) is 16.7. The summed E-state index contributed by atoms with van der Waals surface area (Å²) in [7, 11) is 0. The number of para-hydroxylation sites is 1. The number of rotatable bonds is 7. The average Bonchev–Trinajstić information content (AvgIpc) is 3.32. The van der Waals surface area contributed by atoms with Crippen LogP contribution in [0.25, 0.3) is 20.9 Å². The Balaban J connectivity index is 1.17. The SMILES string of the molecule is O=C(Nc1ccccc1)Nc1ccc(CCNc2ccnc3sc(-c4ccccc4)nc23)cc1. The summed E-state index contributed by atoms with van der Waals surface area (Å²) in [5.74, 6) is 0. The molecule has 2 heterocycles. The van der Waals surface area contributed by atoms with Crippen LogP contribution in [0.4, 0.5) is 21.9 Å². The van der Waals surface area contributed by atoms with Crippen molar-refractivity contribution in [1.82, 2.24) is 9.97 Å². The average molecular weight is 466 g/mol. The quantitative estimate of drug-likeness (QED) is 0.251. The van der Waals surface area contributed by atoms with E-state index in [9.17, 15) is 4.79 Å². The molecule has 5 aromatic rings. The number of pyridine rings is 1. The van der Waals surface area contributed by atoms with E-state index in [2.05, 4.69) is 33.1 Å². The molecule has 0 unspecified atom stereocenters. The van der Waals surface area contributed by atoms with Crippen molar-refractivity contribution in [1.29, 1.82) is 0 Å². The molecule has 34 heavy (non-hydrogen) atoms. The van der Waals surface area contributed by atoms with E-state index < -0.39 is 0 Å². The molecular weight excluding hydrogens is 442 g/mol. The van der Waals surface area contributed by atoms with Crippen molar-refractivity contribution in [2.24, 2.45) is 0 Å². The second kappa shape index (κ2) is 10.1. The maximum atomic E-state index is 12.2. The second-order valence-corrected chi connectivity index (χ2v) is 8.69. The largest absolute Gasteiger partial charge is 0.383 e. The fraction of sp³-hybridized carbons (Fsp3) is 0.0741. The van der Waals surface area contributed by atoms with Crippen LogP contribution in [-0.4, -0.2) is 22.5 Å². The maximum Gasteiger partial charge on any atom is 0.323 e. The standard InChI is InChI=1S/C27H23N5OS/c33-27(30-21-9-5-2-6-10-21)31-22-13-11-19(12-14-22)15-17-28-23-16-18-29-26-24(23)32-25(34-26)20-7-3-1-4-8-20/h1-14,16,18H,15,17H2,(H,28,29)(H2,30,31,33). The van der Waals surface area contributed by atoms with Gasteiger partial charge in [0.1, 0.15) is 15.4 Å². The van der Waals surface area contributed by atoms with Crippen molar-refractivity contribution < 1.29 is 4.79 Å². The Morgan fingerprint density at radius 1 is 0.794 bits per heavy atom. The number of anilines is 3. The van der Waals surface area contributed by atoms with E-state index in [1.165, 1.54) is 5.56 Å². The third kappa shape index (κ3) is 5.22. The topological polar surface area (TPSA) is 78.9 Å². The van der Waals surface area contributed by atoms with Gasteiger partial charge >= 0.3 is 6.03 Å². The molecule has 7 heteroatoms. The summed E-state index contributed by atoms with van der Waals surface area (Å²) in [6.45, 7) is 0.762. The second-order valence-electron chi connectivity index (χ2n) is 7.72. The van der Waals surface area contributed by atoms with Gasteiger partial charge in [-0.2, -0.15) is 0 Å². The third-order valence-corrected chi connectivity index (χ3v) is 6.30. The lowest BCUT2D eigenvalue weighted by Crippen LogP contribution is -2.19. The summed E-state index contributed by atoms with van der Waals surface area (Å²) in [6, 6.07) is 29.1. The van der Waals surface area contributed by atoms with Crippen LogP contribution in [0.5, 0.6) is 0 Å². The van der Waals surface area contributed by atoms with Crippen molar-refractivity contribution in [3.63, 3.8) is 0 Å². The molecule has 0 saturated carbocycles. The first-order valence-electron chi connectivity index (χ1n) is 11.0. The van der Waals surface area contributed by atoms with Crippen molar-refractivity contribution >= 4 is 44.8 Å². The van der Waals surface area contributed by atoms with Gasteiger partial charge in [-0.1, -0.05) is 72.0 Å². The van der Waals surface area contributed by atoms with Gasteiger partial charge < -0.3 is 16.0 Å².